The number of nitrogens with zero attached hydrogens (tertiary/aromatic N) is 2. The van der Waals surface area contributed by atoms with E-state index in [-0.39, 0.29) is 12.2 Å². The van der Waals surface area contributed by atoms with Gasteiger partial charge in [-0.25, -0.2) is 0 Å². The van der Waals surface area contributed by atoms with Crippen molar-refractivity contribution in [2.75, 3.05) is 5.32 Å². The summed E-state index contributed by atoms with van der Waals surface area (Å²) in [6, 6.07) is 12.1. The minimum Gasteiger partial charge on any atom is -0.380 e. The van der Waals surface area contributed by atoms with Gasteiger partial charge in [0.15, 0.2) is 0 Å². The fourth-order valence-electron chi connectivity index (χ4n) is 2.01. The molecule has 0 aliphatic rings. The molecule has 6 heteroatoms. The van der Waals surface area contributed by atoms with Gasteiger partial charge in [0.05, 0.1) is 16.2 Å². The lowest BCUT2D eigenvalue weighted by Crippen LogP contribution is -2.05. The van der Waals surface area contributed by atoms with Crippen LogP contribution in [0.2, 0.25) is 5.02 Å². The molecule has 0 spiro atoms. The van der Waals surface area contributed by atoms with Crippen molar-refractivity contribution in [2.24, 2.45) is 0 Å². The highest BCUT2D eigenvalue weighted by atomic mass is 35.5. The lowest BCUT2D eigenvalue weighted by Gasteiger charge is -2.10. The Morgan fingerprint density at radius 3 is 2.81 bits per heavy atom. The molecule has 2 aromatic rings. The molecular formula is C15H12ClN3O2. The second kappa shape index (κ2) is 6.25. The molecule has 2 rings (SSSR count). The fourth-order valence-corrected chi connectivity index (χ4v) is 2.18. The van der Waals surface area contributed by atoms with Crippen LogP contribution in [0.4, 0.5) is 11.4 Å². The molecular weight excluding hydrogens is 290 g/mol. The zero-order valence-electron chi connectivity index (χ0n) is 11.3. The molecule has 0 unspecified atom stereocenters. The maximum atomic E-state index is 11.0. The van der Waals surface area contributed by atoms with Crippen LogP contribution in [0.1, 0.15) is 16.7 Å². The summed E-state index contributed by atoms with van der Waals surface area (Å²) in [5.74, 6) is 0. The number of hydrogen-bond acceptors (Lipinski definition) is 4. The van der Waals surface area contributed by atoms with Gasteiger partial charge >= 0.3 is 0 Å². The van der Waals surface area contributed by atoms with Gasteiger partial charge in [0.1, 0.15) is 6.07 Å². The van der Waals surface area contributed by atoms with Crippen LogP contribution in [-0.2, 0) is 6.54 Å². The van der Waals surface area contributed by atoms with Crippen molar-refractivity contribution < 1.29 is 4.92 Å². The van der Waals surface area contributed by atoms with Crippen molar-refractivity contribution in [1.82, 2.24) is 0 Å². The number of nitro benzene ring substituents is 1. The van der Waals surface area contributed by atoms with Crippen LogP contribution in [0.3, 0.4) is 0 Å². The lowest BCUT2D eigenvalue weighted by molar-refractivity contribution is -0.385. The van der Waals surface area contributed by atoms with Crippen LogP contribution in [0.25, 0.3) is 0 Å². The third kappa shape index (κ3) is 3.30. The number of nitro groups is 1. The van der Waals surface area contributed by atoms with Crippen molar-refractivity contribution in [1.29, 1.82) is 5.26 Å². The summed E-state index contributed by atoms with van der Waals surface area (Å²) in [4.78, 5) is 10.6. The number of anilines is 1. The molecule has 0 saturated heterocycles. The Kier molecular flexibility index (Phi) is 4.41. The van der Waals surface area contributed by atoms with E-state index in [0.29, 0.717) is 21.8 Å². The molecule has 2 aromatic carbocycles. The van der Waals surface area contributed by atoms with Crippen molar-refractivity contribution in [3.05, 3.63) is 68.2 Å². The SMILES string of the molecule is Cc1cccc(NCc2ccc(Cl)cc2[N+](=O)[O-])c1C#N. The summed E-state index contributed by atoms with van der Waals surface area (Å²) in [5.41, 5.74) is 2.51. The average molecular weight is 302 g/mol. The summed E-state index contributed by atoms with van der Waals surface area (Å²) in [7, 11) is 0. The molecule has 21 heavy (non-hydrogen) atoms. The van der Waals surface area contributed by atoms with Gasteiger partial charge < -0.3 is 5.32 Å². The van der Waals surface area contributed by atoms with Crippen molar-refractivity contribution in [2.45, 2.75) is 13.5 Å². The largest absolute Gasteiger partial charge is 0.380 e. The molecule has 0 fully saturated rings. The predicted octanol–water partition coefficient (Wildman–Crippen LogP) is 4.04. The molecule has 0 aliphatic heterocycles. The van der Waals surface area contributed by atoms with E-state index < -0.39 is 4.92 Å². The van der Waals surface area contributed by atoms with Crippen LogP contribution in [0, 0.1) is 28.4 Å². The number of benzene rings is 2. The van der Waals surface area contributed by atoms with E-state index in [9.17, 15) is 10.1 Å². The number of halogens is 1. The average Bonchev–Trinajstić information content (AvgIpc) is 2.45. The van der Waals surface area contributed by atoms with E-state index in [1.54, 1.807) is 18.2 Å². The van der Waals surface area contributed by atoms with Crippen LogP contribution in [-0.4, -0.2) is 4.92 Å². The van der Waals surface area contributed by atoms with Crippen molar-refractivity contribution in [3.63, 3.8) is 0 Å². The fraction of sp³-hybridized carbons (Fsp3) is 0.133. The summed E-state index contributed by atoms with van der Waals surface area (Å²) in [6.45, 7) is 2.08. The maximum absolute atomic E-state index is 11.0. The number of aryl methyl sites for hydroxylation is 1. The first-order valence-corrected chi connectivity index (χ1v) is 6.57. The zero-order valence-corrected chi connectivity index (χ0v) is 12.0. The highest BCUT2D eigenvalue weighted by Crippen LogP contribution is 2.25. The molecule has 0 amide bonds. The Hall–Kier alpha value is -2.58. The highest BCUT2D eigenvalue weighted by molar-refractivity contribution is 6.30. The van der Waals surface area contributed by atoms with E-state index >= 15 is 0 Å². The third-order valence-electron chi connectivity index (χ3n) is 3.10. The van der Waals surface area contributed by atoms with Gasteiger partial charge in [0.2, 0.25) is 0 Å². The summed E-state index contributed by atoms with van der Waals surface area (Å²) >= 11 is 5.78. The van der Waals surface area contributed by atoms with Gasteiger partial charge in [0.25, 0.3) is 5.69 Å². The summed E-state index contributed by atoms with van der Waals surface area (Å²) in [6.07, 6.45) is 0. The first-order valence-electron chi connectivity index (χ1n) is 6.19. The second-order valence-corrected chi connectivity index (χ2v) is 4.93. The summed E-state index contributed by atoms with van der Waals surface area (Å²) < 4.78 is 0. The predicted molar refractivity (Wildman–Crippen MR) is 81.3 cm³/mol. The van der Waals surface area contributed by atoms with Crippen LogP contribution in [0.15, 0.2) is 36.4 Å². The normalized spacial score (nSPS) is 9.95. The van der Waals surface area contributed by atoms with Gasteiger partial charge in [-0.15, -0.1) is 0 Å². The standard InChI is InChI=1S/C15H12ClN3O2/c1-10-3-2-4-14(13(10)8-17)18-9-11-5-6-12(16)7-15(11)19(20)21/h2-7,18H,9H2,1H3. The molecule has 0 atom stereocenters. The Bertz CT molecular complexity index is 738. The van der Waals surface area contributed by atoms with Crippen molar-refractivity contribution in [3.8, 4) is 6.07 Å². The molecule has 0 bridgehead atoms. The molecule has 0 saturated carbocycles. The van der Waals surface area contributed by atoms with E-state index in [4.69, 9.17) is 16.9 Å². The number of nitriles is 1. The minimum absolute atomic E-state index is 0.0406. The Balaban J connectivity index is 2.28. The zero-order chi connectivity index (χ0) is 15.4. The molecule has 1 N–H and O–H groups in total. The van der Waals surface area contributed by atoms with Gasteiger partial charge in [-0.3, -0.25) is 10.1 Å². The second-order valence-electron chi connectivity index (χ2n) is 4.49. The quantitative estimate of drug-likeness (QED) is 0.682. The lowest BCUT2D eigenvalue weighted by atomic mass is 10.1. The molecule has 5 nitrogen and oxygen atoms in total. The van der Waals surface area contributed by atoms with E-state index in [1.165, 1.54) is 6.07 Å². The maximum Gasteiger partial charge on any atom is 0.275 e. The first kappa shape index (κ1) is 14.8. The van der Waals surface area contributed by atoms with Gasteiger partial charge in [0, 0.05) is 23.2 Å². The van der Waals surface area contributed by atoms with E-state index in [2.05, 4.69) is 11.4 Å². The molecule has 106 valence electrons. The number of nitrogens with one attached hydrogen (secondary N) is 1. The summed E-state index contributed by atoms with van der Waals surface area (Å²) in [5, 5.41) is 23.6. The first-order chi connectivity index (χ1) is 10.0. The molecule has 0 radical (unpaired) electrons. The van der Waals surface area contributed by atoms with E-state index in [0.717, 1.165) is 5.56 Å². The van der Waals surface area contributed by atoms with Crippen LogP contribution < -0.4 is 5.32 Å². The van der Waals surface area contributed by atoms with Crippen LogP contribution in [0.5, 0.6) is 0 Å². The highest BCUT2D eigenvalue weighted by Gasteiger charge is 2.14. The van der Waals surface area contributed by atoms with Gasteiger partial charge in [-0.05, 0) is 30.7 Å². The number of rotatable bonds is 4. The van der Waals surface area contributed by atoms with E-state index in [1.807, 2.05) is 19.1 Å². The minimum atomic E-state index is -0.468. The third-order valence-corrected chi connectivity index (χ3v) is 3.33. The molecule has 0 aliphatic carbocycles. The van der Waals surface area contributed by atoms with Gasteiger partial charge in [-0.1, -0.05) is 23.7 Å². The molecule has 0 heterocycles. The topological polar surface area (TPSA) is 79.0 Å². The van der Waals surface area contributed by atoms with Gasteiger partial charge in [-0.2, -0.15) is 5.26 Å². The Morgan fingerprint density at radius 2 is 2.14 bits per heavy atom. The van der Waals surface area contributed by atoms with Crippen molar-refractivity contribution >= 4 is 23.0 Å². The Labute approximate surface area is 126 Å². The smallest absolute Gasteiger partial charge is 0.275 e. The van der Waals surface area contributed by atoms with Crippen LogP contribution >= 0.6 is 11.6 Å². The molecule has 0 aromatic heterocycles. The Morgan fingerprint density at radius 1 is 1.38 bits per heavy atom. The monoisotopic (exact) mass is 301 g/mol. The number of hydrogen-bond donors (Lipinski definition) is 1.